The molecular formula is C26H26N8O. The van der Waals surface area contributed by atoms with Crippen LogP contribution in [0.3, 0.4) is 0 Å². The molecule has 4 heterocycles. The lowest BCUT2D eigenvalue weighted by molar-refractivity contribution is 0.252. The molecule has 1 aliphatic heterocycles. The van der Waals surface area contributed by atoms with Gasteiger partial charge in [-0.05, 0) is 67.5 Å². The van der Waals surface area contributed by atoms with Crippen molar-refractivity contribution in [2.45, 2.75) is 20.4 Å². The van der Waals surface area contributed by atoms with Gasteiger partial charge >= 0.3 is 6.03 Å². The molecule has 2 amide bonds. The van der Waals surface area contributed by atoms with Gasteiger partial charge in [0.15, 0.2) is 0 Å². The summed E-state index contributed by atoms with van der Waals surface area (Å²) in [4.78, 5) is 26.4. The van der Waals surface area contributed by atoms with Crippen LogP contribution in [0.5, 0.6) is 0 Å². The van der Waals surface area contributed by atoms with Crippen molar-refractivity contribution in [2.75, 3.05) is 11.9 Å². The maximum Gasteiger partial charge on any atom is 0.321 e. The summed E-state index contributed by atoms with van der Waals surface area (Å²) in [6.45, 7) is 9.40. The number of nitrogens with zero attached hydrogens (tertiary/aromatic N) is 5. The number of carbonyl (C=O) groups excluding carboxylic acids is 1. The fourth-order valence-corrected chi connectivity index (χ4v) is 4.10. The van der Waals surface area contributed by atoms with E-state index in [2.05, 4.69) is 61.2 Å². The summed E-state index contributed by atoms with van der Waals surface area (Å²) < 4.78 is 1.77. The predicted molar refractivity (Wildman–Crippen MR) is 137 cm³/mol. The van der Waals surface area contributed by atoms with Gasteiger partial charge in [-0.2, -0.15) is 5.10 Å². The van der Waals surface area contributed by atoms with Gasteiger partial charge in [-0.3, -0.25) is 10.3 Å². The number of nitrogens with one attached hydrogen (secondary N) is 3. The first kappa shape index (κ1) is 22.1. The second-order valence-electron chi connectivity index (χ2n) is 8.20. The molecule has 1 aromatic carbocycles. The van der Waals surface area contributed by atoms with Crippen molar-refractivity contribution in [3.05, 3.63) is 96.4 Å². The molecule has 9 nitrogen and oxygen atoms in total. The number of carbonyl (C=O) groups is 1. The fourth-order valence-electron chi connectivity index (χ4n) is 4.10. The SMILES string of the molecule is C=C1C=C(c2cc(-n3cccn3)c3nc(NC(=O)NCC)[nH]c3c2)C=C(C)N1Cc1ccccn1. The lowest BCUT2D eigenvalue weighted by atomic mass is 9.99. The molecule has 0 bridgehead atoms. The molecule has 35 heavy (non-hydrogen) atoms. The number of hydrogen-bond donors (Lipinski definition) is 3. The van der Waals surface area contributed by atoms with Crippen LogP contribution in [0, 0.1) is 0 Å². The van der Waals surface area contributed by atoms with Crippen LogP contribution in [0.25, 0.3) is 22.3 Å². The number of aromatic amines is 1. The molecule has 5 rings (SSSR count). The molecule has 0 unspecified atom stereocenters. The molecular weight excluding hydrogens is 440 g/mol. The van der Waals surface area contributed by atoms with E-state index in [9.17, 15) is 4.79 Å². The highest BCUT2D eigenvalue weighted by Gasteiger charge is 2.19. The Hall–Kier alpha value is -4.66. The van der Waals surface area contributed by atoms with Crippen LogP contribution in [-0.4, -0.2) is 42.2 Å². The summed E-state index contributed by atoms with van der Waals surface area (Å²) in [5, 5.41) is 9.87. The minimum atomic E-state index is -0.315. The molecule has 1 aliphatic rings. The van der Waals surface area contributed by atoms with Gasteiger partial charge in [0.2, 0.25) is 5.95 Å². The van der Waals surface area contributed by atoms with Crippen molar-refractivity contribution in [3.63, 3.8) is 0 Å². The molecule has 0 radical (unpaired) electrons. The molecule has 0 fully saturated rings. The third kappa shape index (κ3) is 4.56. The van der Waals surface area contributed by atoms with E-state index in [1.54, 1.807) is 17.1 Å². The molecule has 9 heteroatoms. The quantitative estimate of drug-likeness (QED) is 0.385. The number of anilines is 1. The molecule has 176 valence electrons. The Morgan fingerprint density at radius 1 is 1.17 bits per heavy atom. The second-order valence-corrected chi connectivity index (χ2v) is 8.20. The lowest BCUT2D eigenvalue weighted by Gasteiger charge is -2.29. The monoisotopic (exact) mass is 466 g/mol. The van der Waals surface area contributed by atoms with Gasteiger partial charge in [-0.1, -0.05) is 12.6 Å². The number of aromatic nitrogens is 5. The largest absolute Gasteiger partial charge is 0.340 e. The highest BCUT2D eigenvalue weighted by atomic mass is 16.2. The van der Waals surface area contributed by atoms with Crippen LogP contribution < -0.4 is 10.6 Å². The van der Waals surface area contributed by atoms with E-state index >= 15 is 0 Å². The number of H-pyrrole nitrogens is 1. The number of hydrogen-bond acceptors (Lipinski definition) is 5. The molecule has 0 spiro atoms. The Kier molecular flexibility index (Phi) is 5.88. The average molecular weight is 467 g/mol. The predicted octanol–water partition coefficient (Wildman–Crippen LogP) is 4.60. The maximum absolute atomic E-state index is 12.0. The van der Waals surface area contributed by atoms with E-state index in [4.69, 9.17) is 0 Å². The summed E-state index contributed by atoms with van der Waals surface area (Å²) in [6.07, 6.45) is 9.59. The van der Waals surface area contributed by atoms with Gasteiger partial charge in [0.1, 0.15) is 5.52 Å². The van der Waals surface area contributed by atoms with Crippen LogP contribution in [0.4, 0.5) is 10.7 Å². The molecule has 0 saturated heterocycles. The zero-order chi connectivity index (χ0) is 24.4. The first-order valence-electron chi connectivity index (χ1n) is 11.4. The van der Waals surface area contributed by atoms with Gasteiger partial charge in [-0.25, -0.2) is 14.5 Å². The topological polar surface area (TPSA) is 104 Å². The normalized spacial score (nSPS) is 13.5. The molecule has 3 aromatic heterocycles. The van der Waals surface area contributed by atoms with Crippen LogP contribution in [0.1, 0.15) is 25.1 Å². The standard InChI is InChI=1S/C26H26N8O/c1-4-27-26(35)32-25-30-22-14-20(15-23(24(22)31-25)34-11-7-10-29-34)19-12-17(2)33(18(3)13-19)16-21-8-5-6-9-28-21/h5-15H,2,4,16H2,1,3H3,(H3,27,30,31,32,35). The molecule has 3 N–H and O–H groups in total. The van der Waals surface area contributed by atoms with Crippen LogP contribution in [-0.2, 0) is 6.54 Å². The van der Waals surface area contributed by atoms with Crippen LogP contribution in [0.15, 0.2) is 85.1 Å². The van der Waals surface area contributed by atoms with Gasteiger partial charge in [0.25, 0.3) is 0 Å². The smallest absolute Gasteiger partial charge is 0.321 e. The van der Waals surface area contributed by atoms with Crippen molar-refractivity contribution < 1.29 is 4.79 Å². The fraction of sp³-hybridized carbons (Fsp3) is 0.154. The van der Waals surface area contributed by atoms with Crippen molar-refractivity contribution >= 4 is 28.6 Å². The molecule has 0 atom stereocenters. The number of benzene rings is 1. The number of fused-ring (bicyclic) bond motifs is 1. The van der Waals surface area contributed by atoms with E-state index in [-0.39, 0.29) is 6.03 Å². The van der Waals surface area contributed by atoms with Crippen molar-refractivity contribution in [1.29, 1.82) is 0 Å². The highest BCUT2D eigenvalue weighted by Crippen LogP contribution is 2.33. The van der Waals surface area contributed by atoms with E-state index in [0.717, 1.165) is 39.4 Å². The zero-order valence-electron chi connectivity index (χ0n) is 19.6. The number of urea groups is 1. The van der Waals surface area contributed by atoms with Gasteiger partial charge in [0.05, 0.1) is 23.4 Å². The van der Waals surface area contributed by atoms with E-state index in [1.807, 2.05) is 49.5 Å². The van der Waals surface area contributed by atoms with Crippen molar-refractivity contribution in [3.8, 4) is 5.69 Å². The van der Waals surface area contributed by atoms with E-state index in [1.165, 1.54) is 0 Å². The Morgan fingerprint density at radius 3 is 2.77 bits per heavy atom. The number of rotatable bonds is 6. The summed E-state index contributed by atoms with van der Waals surface area (Å²) in [5.74, 6) is 0.367. The summed E-state index contributed by atoms with van der Waals surface area (Å²) in [5.41, 5.74) is 7.23. The van der Waals surface area contributed by atoms with Gasteiger partial charge in [0, 0.05) is 36.5 Å². The first-order chi connectivity index (χ1) is 17.0. The molecule has 0 aliphatic carbocycles. The van der Waals surface area contributed by atoms with Crippen molar-refractivity contribution in [2.24, 2.45) is 0 Å². The minimum absolute atomic E-state index is 0.315. The van der Waals surface area contributed by atoms with E-state index < -0.39 is 0 Å². The van der Waals surface area contributed by atoms with Crippen LogP contribution in [0.2, 0.25) is 0 Å². The number of amides is 2. The average Bonchev–Trinajstić information content (AvgIpc) is 3.51. The lowest BCUT2D eigenvalue weighted by Crippen LogP contribution is -2.28. The number of allylic oxidation sites excluding steroid dienone is 4. The van der Waals surface area contributed by atoms with Crippen molar-refractivity contribution in [1.82, 2.24) is 34.9 Å². The minimum Gasteiger partial charge on any atom is -0.340 e. The summed E-state index contributed by atoms with van der Waals surface area (Å²) >= 11 is 0. The first-order valence-corrected chi connectivity index (χ1v) is 11.4. The maximum atomic E-state index is 12.0. The van der Waals surface area contributed by atoms with Crippen LogP contribution >= 0.6 is 0 Å². The van der Waals surface area contributed by atoms with Gasteiger partial charge in [-0.15, -0.1) is 0 Å². The Labute approximate surface area is 202 Å². The summed E-state index contributed by atoms with van der Waals surface area (Å²) in [6, 6.07) is 11.5. The molecule has 4 aromatic rings. The Bertz CT molecular complexity index is 1450. The second kappa shape index (κ2) is 9.30. The van der Waals surface area contributed by atoms with Gasteiger partial charge < -0.3 is 15.2 Å². The highest BCUT2D eigenvalue weighted by molar-refractivity contribution is 5.94. The Morgan fingerprint density at radius 2 is 2.06 bits per heavy atom. The third-order valence-electron chi connectivity index (χ3n) is 5.73. The number of pyridine rings is 1. The molecule has 0 saturated carbocycles. The van der Waals surface area contributed by atoms with E-state index in [0.29, 0.717) is 24.6 Å². The zero-order valence-corrected chi connectivity index (χ0v) is 19.6. The Balaban J connectivity index is 1.52. The number of imidazole rings is 1. The third-order valence-corrected chi connectivity index (χ3v) is 5.73. The summed E-state index contributed by atoms with van der Waals surface area (Å²) in [7, 11) is 0.